The number of benzene rings is 10. The maximum atomic E-state index is 13.0. The van der Waals surface area contributed by atoms with Gasteiger partial charge in [0.2, 0.25) is 9.84 Å². The third-order valence-corrected chi connectivity index (χ3v) is 14.5. The van der Waals surface area contributed by atoms with E-state index in [1.165, 1.54) is 22.3 Å². The largest absolute Gasteiger partial charge is 0.508 e. The first-order valence-electron chi connectivity index (χ1n) is 23.9. The Balaban J connectivity index is 0.789. The first-order valence-corrected chi connectivity index (χ1v) is 25.3. The quantitative estimate of drug-likeness (QED) is 0.0981. The lowest BCUT2D eigenvalue weighted by molar-refractivity contribution is 0.475. The Morgan fingerprint density at radius 3 is 0.972 bits per heavy atom. The van der Waals surface area contributed by atoms with Crippen LogP contribution < -0.4 is 14.5 Å². The van der Waals surface area contributed by atoms with Gasteiger partial charge in [-0.05, 0) is 193 Å². The van der Waals surface area contributed by atoms with Crippen molar-refractivity contribution < 1.29 is 18.3 Å². The van der Waals surface area contributed by atoms with E-state index in [-0.39, 0.29) is 9.79 Å². The van der Waals surface area contributed by atoms with Crippen LogP contribution in [0.5, 0.6) is 17.2 Å². The summed E-state index contributed by atoms with van der Waals surface area (Å²) < 4.78 is 32.0. The molecule has 0 saturated heterocycles. The van der Waals surface area contributed by atoms with Crippen LogP contribution in [-0.2, 0) is 35.5 Å². The maximum absolute atomic E-state index is 13.0. The molecular weight excluding hydrogens is 893 g/mol. The molecule has 0 aliphatic rings. The van der Waals surface area contributed by atoms with E-state index in [9.17, 15) is 13.5 Å². The fourth-order valence-electron chi connectivity index (χ4n) is 8.80. The minimum atomic E-state index is -3.59. The van der Waals surface area contributed by atoms with Crippen molar-refractivity contribution in [2.45, 2.75) is 35.5 Å². The van der Waals surface area contributed by atoms with E-state index in [4.69, 9.17) is 4.74 Å². The first-order chi connectivity index (χ1) is 34.8. The van der Waals surface area contributed by atoms with Gasteiger partial charge < -0.3 is 19.6 Å². The normalized spacial score (nSPS) is 11.2. The van der Waals surface area contributed by atoms with Crippen LogP contribution in [0.2, 0.25) is 0 Å². The zero-order valence-electron chi connectivity index (χ0n) is 39.1. The molecule has 7 heteroatoms. The molecule has 0 unspecified atom stereocenters. The van der Waals surface area contributed by atoms with Crippen LogP contribution in [0, 0.1) is 0 Å². The molecule has 1 N–H and O–H groups in total. The second-order valence-electron chi connectivity index (χ2n) is 17.5. The van der Waals surface area contributed by atoms with Gasteiger partial charge >= 0.3 is 0 Å². The highest BCUT2D eigenvalue weighted by molar-refractivity contribution is 7.91. The number of para-hydroxylation sites is 2. The minimum absolute atomic E-state index is 0.228. The molecule has 0 atom stereocenters. The number of sulfone groups is 1. The van der Waals surface area contributed by atoms with Gasteiger partial charge in [0, 0.05) is 34.1 Å². The van der Waals surface area contributed by atoms with Crippen molar-refractivity contribution >= 4 is 44.0 Å². The second kappa shape index (κ2) is 21.3. The minimum Gasteiger partial charge on any atom is -0.508 e. The summed E-state index contributed by atoms with van der Waals surface area (Å²) in [4.78, 5) is 5.08. The Morgan fingerprint density at radius 2 is 0.592 bits per heavy atom. The number of aryl methyl sites for hydroxylation is 4. The third-order valence-electron chi connectivity index (χ3n) is 12.7. The molecule has 0 radical (unpaired) electrons. The number of anilines is 6. The lowest BCUT2D eigenvalue weighted by atomic mass is 10.0. The topological polar surface area (TPSA) is 70.1 Å². The molecule has 348 valence electrons. The number of ether oxygens (including phenoxy) is 1. The molecule has 10 rings (SSSR count). The van der Waals surface area contributed by atoms with E-state index in [2.05, 4.69) is 168 Å². The summed E-state index contributed by atoms with van der Waals surface area (Å²) in [6, 6.07) is 86.7. The van der Waals surface area contributed by atoms with Crippen molar-refractivity contribution in [3.8, 4) is 28.4 Å². The molecule has 0 spiro atoms. The van der Waals surface area contributed by atoms with Crippen molar-refractivity contribution in [2.24, 2.45) is 0 Å². The molecular formula is C64H52N2O4S. The van der Waals surface area contributed by atoms with Gasteiger partial charge in [-0.25, -0.2) is 8.42 Å². The van der Waals surface area contributed by atoms with Gasteiger partial charge in [-0.3, -0.25) is 0 Å². The maximum Gasteiger partial charge on any atom is 0.206 e. The number of phenols is 1. The zero-order chi connectivity index (χ0) is 48.4. The van der Waals surface area contributed by atoms with Crippen molar-refractivity contribution in [3.63, 3.8) is 0 Å². The molecule has 0 saturated carbocycles. The molecule has 0 aliphatic carbocycles. The Kier molecular flexibility index (Phi) is 13.8. The molecule has 71 heavy (non-hydrogen) atoms. The molecule has 10 aromatic carbocycles. The Bertz CT molecular complexity index is 3390. The smallest absolute Gasteiger partial charge is 0.206 e. The Hall–Kier alpha value is -8.65. The van der Waals surface area contributed by atoms with Gasteiger partial charge in [-0.15, -0.1) is 0 Å². The summed E-state index contributed by atoms with van der Waals surface area (Å²) in [5.74, 6) is 1.55. The fourth-order valence-corrected chi connectivity index (χ4v) is 10.1. The van der Waals surface area contributed by atoms with Gasteiger partial charge in [0.1, 0.15) is 17.2 Å². The van der Waals surface area contributed by atoms with Crippen LogP contribution in [0.25, 0.3) is 11.1 Å². The third kappa shape index (κ3) is 11.1. The van der Waals surface area contributed by atoms with Gasteiger partial charge in [0.15, 0.2) is 0 Å². The van der Waals surface area contributed by atoms with Gasteiger partial charge in [-0.1, -0.05) is 127 Å². The highest BCUT2D eigenvalue weighted by Gasteiger charge is 2.18. The fraction of sp³-hybridized carbons (Fsp3) is 0.0625. The van der Waals surface area contributed by atoms with Crippen LogP contribution in [-0.4, -0.2) is 13.5 Å². The average Bonchev–Trinajstić information content (AvgIpc) is 3.43. The summed E-state index contributed by atoms with van der Waals surface area (Å²) in [5, 5.41) is 9.66. The van der Waals surface area contributed by atoms with Gasteiger partial charge in [0.25, 0.3) is 0 Å². The highest BCUT2D eigenvalue weighted by atomic mass is 32.2. The molecule has 0 aromatic heterocycles. The van der Waals surface area contributed by atoms with Crippen molar-refractivity contribution in [1.29, 1.82) is 0 Å². The molecule has 0 bridgehead atoms. The molecule has 0 heterocycles. The zero-order valence-corrected chi connectivity index (χ0v) is 39.9. The standard InChI is InChI=1S/C64H52N2O4S/c67-60-40-24-50(25-41-60)18-16-48-20-32-56(33-21-48)65(54-10-4-1-5-11-54)58-36-28-52(29-37-58)53-30-38-59(39-31-53)66(55-12-6-2-7-13-55)57-34-22-49(23-35-57)17-19-51-26-42-61(43-27-51)70-62-44-46-64(47-45-62)71(68,69)63-14-8-3-9-15-63/h1-15,20-47,67H,16-19H2. The van der Waals surface area contributed by atoms with Crippen molar-refractivity contribution in [2.75, 3.05) is 9.80 Å². The summed E-state index contributed by atoms with van der Waals surface area (Å²) in [7, 11) is -3.59. The van der Waals surface area contributed by atoms with E-state index in [1.807, 2.05) is 36.4 Å². The van der Waals surface area contributed by atoms with E-state index >= 15 is 0 Å². The molecule has 6 nitrogen and oxygen atoms in total. The lowest BCUT2D eigenvalue weighted by Gasteiger charge is -2.26. The van der Waals surface area contributed by atoms with Crippen LogP contribution in [0.3, 0.4) is 0 Å². The summed E-state index contributed by atoms with van der Waals surface area (Å²) in [6.45, 7) is 0. The average molecular weight is 945 g/mol. The van der Waals surface area contributed by atoms with Crippen LogP contribution in [0.4, 0.5) is 34.1 Å². The molecule has 10 aromatic rings. The van der Waals surface area contributed by atoms with Crippen molar-refractivity contribution in [1.82, 2.24) is 0 Å². The van der Waals surface area contributed by atoms with Gasteiger partial charge in [0.05, 0.1) is 9.79 Å². The number of hydrogen-bond donors (Lipinski definition) is 1. The van der Waals surface area contributed by atoms with E-state index in [0.717, 1.165) is 70.9 Å². The number of aromatic hydroxyl groups is 1. The number of hydrogen-bond acceptors (Lipinski definition) is 6. The van der Waals surface area contributed by atoms with E-state index in [1.54, 1.807) is 66.7 Å². The number of phenolic OH excluding ortho intramolecular Hbond substituents is 1. The SMILES string of the molecule is O=S(=O)(c1ccccc1)c1ccc(Oc2ccc(CCc3ccc(N(c4ccccc4)c4ccc(-c5ccc(N(c6ccccc6)c6ccc(CCc7ccc(O)cc7)cc6)cc5)cc4)cc3)cc2)cc1. The highest BCUT2D eigenvalue weighted by Crippen LogP contribution is 2.38. The lowest BCUT2D eigenvalue weighted by Crippen LogP contribution is -2.10. The Labute approximate surface area is 416 Å². The summed E-state index contributed by atoms with van der Waals surface area (Å²) >= 11 is 0. The molecule has 0 aliphatic heterocycles. The monoisotopic (exact) mass is 944 g/mol. The second-order valence-corrected chi connectivity index (χ2v) is 19.4. The molecule has 0 fully saturated rings. The first kappa shape index (κ1) is 46.1. The summed E-state index contributed by atoms with van der Waals surface area (Å²) in [6.07, 6.45) is 3.59. The number of nitrogens with zero attached hydrogens (tertiary/aromatic N) is 2. The van der Waals surface area contributed by atoms with Gasteiger partial charge in [-0.2, -0.15) is 0 Å². The van der Waals surface area contributed by atoms with Crippen molar-refractivity contribution in [3.05, 3.63) is 283 Å². The van der Waals surface area contributed by atoms with Crippen LogP contribution in [0.15, 0.2) is 271 Å². The van der Waals surface area contributed by atoms with E-state index in [0.29, 0.717) is 17.2 Å². The molecule has 0 amide bonds. The van der Waals surface area contributed by atoms with Crippen LogP contribution >= 0.6 is 0 Å². The Morgan fingerprint density at radius 1 is 0.310 bits per heavy atom. The predicted octanol–water partition coefficient (Wildman–Crippen LogP) is 16.2. The number of rotatable bonds is 17. The van der Waals surface area contributed by atoms with E-state index < -0.39 is 9.84 Å². The predicted molar refractivity (Wildman–Crippen MR) is 289 cm³/mol. The summed E-state index contributed by atoms with van der Waals surface area (Å²) in [5.41, 5.74) is 13.7. The van der Waals surface area contributed by atoms with Crippen LogP contribution in [0.1, 0.15) is 22.3 Å².